The zero-order valence-corrected chi connectivity index (χ0v) is 10.7. The average Bonchev–Trinajstić information content (AvgIpc) is 3.04. The molecule has 3 rings (SSSR count). The summed E-state index contributed by atoms with van der Waals surface area (Å²) in [6, 6.07) is 12.3. The van der Waals surface area contributed by atoms with Crippen LogP contribution in [0.4, 0.5) is 0 Å². The van der Waals surface area contributed by atoms with E-state index in [1.807, 2.05) is 28.9 Å². The van der Waals surface area contributed by atoms with Crippen LogP contribution in [0.3, 0.4) is 0 Å². The van der Waals surface area contributed by atoms with Gasteiger partial charge in [-0.25, -0.2) is 4.68 Å². The molecule has 0 amide bonds. The summed E-state index contributed by atoms with van der Waals surface area (Å²) < 4.78 is 1.89. The monoisotopic (exact) mass is 258 g/mol. The molecule has 0 aliphatic heterocycles. The lowest BCUT2D eigenvalue weighted by Gasteiger charge is -2.04. The van der Waals surface area contributed by atoms with E-state index >= 15 is 0 Å². The van der Waals surface area contributed by atoms with Gasteiger partial charge in [0.2, 0.25) is 0 Å². The van der Waals surface area contributed by atoms with Crippen LogP contribution in [0.5, 0.6) is 0 Å². The van der Waals surface area contributed by atoms with E-state index in [2.05, 4.69) is 33.1 Å². The van der Waals surface area contributed by atoms with Gasteiger partial charge in [0.25, 0.3) is 0 Å². The van der Waals surface area contributed by atoms with E-state index in [0.717, 1.165) is 24.0 Å². The van der Waals surface area contributed by atoms with E-state index in [9.17, 15) is 0 Å². The minimum absolute atomic E-state index is 0.700. The van der Waals surface area contributed by atoms with Crippen molar-refractivity contribution < 1.29 is 0 Å². The fourth-order valence-electron chi connectivity index (χ4n) is 1.89. The molecule has 92 valence electrons. The highest BCUT2D eigenvalue weighted by molar-refractivity contribution is 7.09. The molecule has 1 N–H and O–H groups in total. The molecule has 0 radical (unpaired) electrons. The summed E-state index contributed by atoms with van der Waals surface area (Å²) in [7, 11) is 0. The molecule has 0 atom stereocenters. The molecule has 0 unspecified atom stereocenters. The van der Waals surface area contributed by atoms with Gasteiger partial charge in [-0.05, 0) is 30.0 Å². The van der Waals surface area contributed by atoms with Gasteiger partial charge in [-0.15, -0.1) is 16.4 Å². The lowest BCUT2D eigenvalue weighted by atomic mass is 10.3. The van der Waals surface area contributed by atoms with Gasteiger partial charge in [0.15, 0.2) is 0 Å². The van der Waals surface area contributed by atoms with Crippen molar-refractivity contribution in [1.82, 2.24) is 20.3 Å². The van der Waals surface area contributed by atoms with Gasteiger partial charge in [0.1, 0.15) is 5.52 Å². The third-order valence-electron chi connectivity index (χ3n) is 2.81. The van der Waals surface area contributed by atoms with Gasteiger partial charge >= 0.3 is 0 Å². The Bertz CT molecular complexity index is 615. The smallest absolute Gasteiger partial charge is 0.113 e. The normalized spacial score (nSPS) is 11.1. The van der Waals surface area contributed by atoms with Crippen LogP contribution in [-0.4, -0.2) is 21.5 Å². The quantitative estimate of drug-likeness (QED) is 0.714. The van der Waals surface area contributed by atoms with Crippen LogP contribution in [0.1, 0.15) is 4.88 Å². The minimum atomic E-state index is 0.700. The summed E-state index contributed by atoms with van der Waals surface area (Å²) in [6.07, 6.45) is 1.06. The van der Waals surface area contributed by atoms with Crippen molar-refractivity contribution in [2.24, 2.45) is 0 Å². The minimum Gasteiger partial charge on any atom is -0.298 e. The topological polar surface area (TPSA) is 42.7 Å². The molecule has 2 heterocycles. The fourth-order valence-corrected chi connectivity index (χ4v) is 2.59. The molecule has 5 heteroatoms. The number of hydrogen-bond acceptors (Lipinski definition) is 4. The van der Waals surface area contributed by atoms with Gasteiger partial charge in [0, 0.05) is 11.4 Å². The second-order valence-electron chi connectivity index (χ2n) is 4.07. The van der Waals surface area contributed by atoms with E-state index in [0.29, 0.717) is 6.67 Å². The third kappa shape index (κ3) is 2.42. The van der Waals surface area contributed by atoms with Gasteiger partial charge in [-0.3, -0.25) is 5.32 Å². The molecule has 4 nitrogen and oxygen atoms in total. The summed E-state index contributed by atoms with van der Waals surface area (Å²) in [4.78, 5) is 1.41. The van der Waals surface area contributed by atoms with E-state index in [1.54, 1.807) is 11.3 Å². The van der Waals surface area contributed by atoms with Crippen LogP contribution in [0.15, 0.2) is 41.8 Å². The van der Waals surface area contributed by atoms with Crippen molar-refractivity contribution in [1.29, 1.82) is 0 Å². The Kier molecular flexibility index (Phi) is 3.34. The fraction of sp³-hybridized carbons (Fsp3) is 0.231. The van der Waals surface area contributed by atoms with Gasteiger partial charge < -0.3 is 0 Å². The summed E-state index contributed by atoms with van der Waals surface area (Å²) >= 11 is 1.80. The first-order chi connectivity index (χ1) is 8.93. The number of benzene rings is 1. The second-order valence-corrected chi connectivity index (χ2v) is 5.10. The maximum absolute atomic E-state index is 4.14. The highest BCUT2D eigenvalue weighted by Gasteiger charge is 2.02. The predicted octanol–water partition coefficient (Wildman–Crippen LogP) is 2.28. The van der Waals surface area contributed by atoms with E-state index < -0.39 is 0 Å². The largest absolute Gasteiger partial charge is 0.298 e. The summed E-state index contributed by atoms with van der Waals surface area (Å²) in [5, 5.41) is 13.8. The van der Waals surface area contributed by atoms with Crippen molar-refractivity contribution in [2.75, 3.05) is 6.54 Å². The molecule has 0 aliphatic carbocycles. The first kappa shape index (κ1) is 11.4. The highest BCUT2D eigenvalue weighted by atomic mass is 32.1. The Labute approximate surface area is 109 Å². The number of nitrogens with one attached hydrogen (secondary N) is 1. The number of aromatic nitrogens is 3. The van der Waals surface area contributed by atoms with Crippen molar-refractivity contribution in [3.8, 4) is 0 Å². The average molecular weight is 258 g/mol. The Balaban J connectivity index is 1.57. The summed E-state index contributed by atoms with van der Waals surface area (Å²) in [6.45, 7) is 1.65. The number of hydrogen-bond donors (Lipinski definition) is 1. The van der Waals surface area contributed by atoms with Crippen LogP contribution in [-0.2, 0) is 13.1 Å². The van der Waals surface area contributed by atoms with Gasteiger partial charge in [0.05, 0.1) is 12.2 Å². The molecule has 0 bridgehead atoms. The maximum Gasteiger partial charge on any atom is 0.113 e. The van der Waals surface area contributed by atoms with Crippen molar-refractivity contribution >= 4 is 22.4 Å². The number of fused-ring (bicyclic) bond motifs is 1. The zero-order chi connectivity index (χ0) is 12.2. The third-order valence-corrected chi connectivity index (χ3v) is 3.75. The van der Waals surface area contributed by atoms with Crippen molar-refractivity contribution in [3.05, 3.63) is 46.7 Å². The van der Waals surface area contributed by atoms with Crippen LogP contribution in [0, 0.1) is 0 Å². The van der Waals surface area contributed by atoms with Crippen LogP contribution < -0.4 is 5.32 Å². The Morgan fingerprint density at radius 2 is 2.11 bits per heavy atom. The molecule has 18 heavy (non-hydrogen) atoms. The number of rotatable bonds is 5. The predicted molar refractivity (Wildman–Crippen MR) is 73.6 cm³/mol. The number of thiophene rings is 1. The molecule has 0 saturated heterocycles. The lowest BCUT2D eigenvalue weighted by Crippen LogP contribution is -2.21. The highest BCUT2D eigenvalue weighted by Crippen LogP contribution is 2.09. The van der Waals surface area contributed by atoms with Crippen LogP contribution in [0.25, 0.3) is 11.0 Å². The number of para-hydroxylation sites is 1. The Morgan fingerprint density at radius 3 is 3.00 bits per heavy atom. The van der Waals surface area contributed by atoms with Crippen molar-refractivity contribution in [2.45, 2.75) is 13.1 Å². The van der Waals surface area contributed by atoms with Gasteiger partial charge in [-0.1, -0.05) is 23.4 Å². The first-order valence-electron chi connectivity index (χ1n) is 5.95. The molecular weight excluding hydrogens is 244 g/mol. The van der Waals surface area contributed by atoms with Crippen molar-refractivity contribution in [3.63, 3.8) is 0 Å². The molecule has 0 fully saturated rings. The lowest BCUT2D eigenvalue weighted by molar-refractivity contribution is 0.514. The van der Waals surface area contributed by atoms with Crippen LogP contribution in [0.2, 0.25) is 0 Å². The molecule has 3 aromatic rings. The molecule has 0 aliphatic rings. The summed E-state index contributed by atoms with van der Waals surface area (Å²) in [5.74, 6) is 0. The molecule has 0 spiro atoms. The first-order valence-corrected chi connectivity index (χ1v) is 6.83. The zero-order valence-electron chi connectivity index (χ0n) is 9.91. The van der Waals surface area contributed by atoms with E-state index in [1.165, 1.54) is 4.88 Å². The maximum atomic E-state index is 4.14. The SMILES string of the molecule is c1csc(CCNCn2nnc3ccccc32)c1. The number of nitrogens with zero attached hydrogens (tertiary/aromatic N) is 3. The van der Waals surface area contributed by atoms with Gasteiger partial charge in [-0.2, -0.15) is 0 Å². The van der Waals surface area contributed by atoms with E-state index in [4.69, 9.17) is 0 Å². The Hall–Kier alpha value is -1.72. The molecule has 2 aromatic heterocycles. The van der Waals surface area contributed by atoms with E-state index in [-0.39, 0.29) is 0 Å². The molecule has 1 aromatic carbocycles. The molecular formula is C13H14N4S. The Morgan fingerprint density at radius 1 is 1.17 bits per heavy atom. The molecule has 0 saturated carbocycles. The summed E-state index contributed by atoms with van der Waals surface area (Å²) in [5.41, 5.74) is 2.01. The van der Waals surface area contributed by atoms with Crippen LogP contribution >= 0.6 is 11.3 Å². The standard InChI is InChI=1S/C13H14N4S/c1-2-6-13-12(5-1)15-16-17(13)10-14-8-7-11-4-3-9-18-11/h1-6,9,14H,7-8,10H2. The second kappa shape index (κ2) is 5.29.